The molecule has 1 saturated carbocycles. The molecule has 1 unspecified atom stereocenters. The molecule has 0 N–H and O–H groups in total. The summed E-state index contributed by atoms with van der Waals surface area (Å²) in [5.74, 6) is -0.380. The average Bonchev–Trinajstić information content (AvgIpc) is 2.34. The fourth-order valence-electron chi connectivity index (χ4n) is 2.03. The van der Waals surface area contributed by atoms with Gasteiger partial charge in [-0.3, -0.25) is 4.79 Å². The number of ketones is 1. The van der Waals surface area contributed by atoms with Gasteiger partial charge in [0.15, 0.2) is 5.78 Å². The molecule has 1 atom stereocenters. The Bertz CT molecular complexity index is 524. The van der Waals surface area contributed by atoms with Crippen molar-refractivity contribution in [3.05, 3.63) is 30.3 Å². The Labute approximate surface area is 106 Å². The third-order valence-corrected chi connectivity index (χ3v) is 6.23. The third kappa shape index (κ3) is 2.00. The summed E-state index contributed by atoms with van der Waals surface area (Å²) in [5, 5.41) is 0. The van der Waals surface area contributed by atoms with Crippen LogP contribution < -0.4 is 0 Å². The van der Waals surface area contributed by atoms with Crippen molar-refractivity contribution in [2.24, 2.45) is 0 Å². The smallest absolute Gasteiger partial charge is 0.207 e. The second-order valence-corrected chi connectivity index (χ2v) is 7.22. The summed E-state index contributed by atoms with van der Waals surface area (Å²) in [7, 11) is -3.79. The Morgan fingerprint density at radius 3 is 2.35 bits per heavy atom. The van der Waals surface area contributed by atoms with Crippen molar-refractivity contribution < 1.29 is 13.2 Å². The maximum Gasteiger partial charge on any atom is 0.207 e. The molecular weight excluding hydrogens is 260 g/mol. The molecule has 2 rings (SSSR count). The molecule has 1 fully saturated rings. The van der Waals surface area contributed by atoms with Crippen LogP contribution in [0.1, 0.15) is 25.7 Å². The highest BCUT2D eigenvalue weighted by atomic mass is 35.5. The van der Waals surface area contributed by atoms with Crippen molar-refractivity contribution in [1.82, 2.24) is 0 Å². The molecule has 0 spiro atoms. The standard InChI is InChI=1S/C12H13ClO3S/c13-12(9-5-4-8-11(12)14)17(15,16)10-6-2-1-3-7-10/h1-3,6-7H,4-5,8-9H2. The van der Waals surface area contributed by atoms with Gasteiger partial charge in [-0.2, -0.15) is 0 Å². The molecule has 0 radical (unpaired) electrons. The van der Waals surface area contributed by atoms with E-state index in [1.165, 1.54) is 12.1 Å². The molecule has 92 valence electrons. The minimum atomic E-state index is -3.79. The minimum absolute atomic E-state index is 0.116. The van der Waals surface area contributed by atoms with Crippen LogP contribution in [0.3, 0.4) is 0 Å². The van der Waals surface area contributed by atoms with Gasteiger partial charge in [0.25, 0.3) is 0 Å². The van der Waals surface area contributed by atoms with Gasteiger partial charge in [0.1, 0.15) is 0 Å². The fraction of sp³-hybridized carbons (Fsp3) is 0.417. The van der Waals surface area contributed by atoms with Crippen LogP contribution in [-0.4, -0.2) is 18.4 Å². The van der Waals surface area contributed by atoms with Gasteiger partial charge in [-0.25, -0.2) is 8.42 Å². The number of hydrogen-bond donors (Lipinski definition) is 0. The van der Waals surface area contributed by atoms with E-state index in [9.17, 15) is 13.2 Å². The molecule has 1 aliphatic rings. The van der Waals surface area contributed by atoms with Crippen LogP contribution in [-0.2, 0) is 14.6 Å². The Kier molecular flexibility index (Phi) is 3.27. The van der Waals surface area contributed by atoms with Gasteiger partial charge in [-0.05, 0) is 31.4 Å². The molecule has 1 aromatic rings. The minimum Gasteiger partial charge on any atom is -0.297 e. The van der Waals surface area contributed by atoms with Crippen molar-refractivity contribution in [1.29, 1.82) is 0 Å². The summed E-state index contributed by atoms with van der Waals surface area (Å²) in [6, 6.07) is 7.92. The molecular formula is C12H13ClO3S. The van der Waals surface area contributed by atoms with Gasteiger partial charge in [0, 0.05) is 6.42 Å². The maximum absolute atomic E-state index is 12.4. The van der Waals surface area contributed by atoms with E-state index in [0.29, 0.717) is 6.42 Å². The van der Waals surface area contributed by atoms with Crippen LogP contribution in [0.2, 0.25) is 0 Å². The molecule has 1 aromatic carbocycles. The molecule has 0 heterocycles. The summed E-state index contributed by atoms with van der Waals surface area (Å²) in [5.41, 5.74) is 0. The summed E-state index contributed by atoms with van der Waals surface area (Å²) in [4.78, 5) is 11.9. The molecule has 0 aromatic heterocycles. The zero-order valence-electron chi connectivity index (χ0n) is 9.23. The number of carbonyl (C=O) groups excluding carboxylic acids is 1. The monoisotopic (exact) mass is 272 g/mol. The molecule has 5 heteroatoms. The fourth-order valence-corrected chi connectivity index (χ4v) is 4.23. The number of halogens is 1. The van der Waals surface area contributed by atoms with Crippen molar-refractivity contribution in [3.63, 3.8) is 0 Å². The number of sulfone groups is 1. The number of rotatable bonds is 2. The number of hydrogen-bond acceptors (Lipinski definition) is 3. The molecule has 0 aliphatic heterocycles. The van der Waals surface area contributed by atoms with Gasteiger partial charge >= 0.3 is 0 Å². The second-order valence-electron chi connectivity index (χ2n) is 4.18. The van der Waals surface area contributed by atoms with E-state index in [1.54, 1.807) is 18.2 Å². The number of benzene rings is 1. The zero-order valence-corrected chi connectivity index (χ0v) is 10.8. The number of alkyl halides is 1. The van der Waals surface area contributed by atoms with E-state index in [1.807, 2.05) is 0 Å². The van der Waals surface area contributed by atoms with Crippen LogP contribution in [0.4, 0.5) is 0 Å². The lowest BCUT2D eigenvalue weighted by molar-refractivity contribution is -0.120. The van der Waals surface area contributed by atoms with Crippen molar-refractivity contribution in [3.8, 4) is 0 Å². The molecule has 3 nitrogen and oxygen atoms in total. The quantitative estimate of drug-likeness (QED) is 0.778. The lowest BCUT2D eigenvalue weighted by atomic mass is 9.98. The maximum atomic E-state index is 12.4. The van der Waals surface area contributed by atoms with Gasteiger partial charge < -0.3 is 0 Å². The first-order valence-corrected chi connectivity index (χ1v) is 7.36. The second kappa shape index (κ2) is 4.42. The topological polar surface area (TPSA) is 51.2 Å². The Balaban J connectivity index is 2.49. The average molecular weight is 273 g/mol. The number of Topliss-reactive ketones (excluding diaryl/α,β-unsaturated/α-hetero) is 1. The first-order chi connectivity index (χ1) is 7.98. The molecule has 0 amide bonds. The van der Waals surface area contributed by atoms with Gasteiger partial charge in [0.2, 0.25) is 14.0 Å². The van der Waals surface area contributed by atoms with E-state index in [4.69, 9.17) is 11.6 Å². The zero-order chi connectivity index (χ0) is 12.5. The van der Waals surface area contributed by atoms with E-state index >= 15 is 0 Å². The first kappa shape index (κ1) is 12.6. The molecule has 0 bridgehead atoms. The highest BCUT2D eigenvalue weighted by molar-refractivity contribution is 7.95. The van der Waals surface area contributed by atoms with E-state index in [0.717, 1.165) is 6.42 Å². The van der Waals surface area contributed by atoms with Crippen LogP contribution >= 0.6 is 11.6 Å². The molecule has 1 aliphatic carbocycles. The lowest BCUT2D eigenvalue weighted by Gasteiger charge is -2.29. The van der Waals surface area contributed by atoms with Gasteiger partial charge in [-0.15, -0.1) is 0 Å². The van der Waals surface area contributed by atoms with Gasteiger partial charge in [0.05, 0.1) is 4.90 Å². The van der Waals surface area contributed by atoms with Crippen molar-refractivity contribution in [2.75, 3.05) is 0 Å². The lowest BCUT2D eigenvalue weighted by Crippen LogP contribution is -2.43. The molecule has 17 heavy (non-hydrogen) atoms. The Hall–Kier alpha value is -0.870. The SMILES string of the molecule is O=C1CCCCC1(Cl)S(=O)(=O)c1ccccc1. The predicted octanol–water partition coefficient (Wildman–Crippen LogP) is 2.54. The largest absolute Gasteiger partial charge is 0.297 e. The van der Waals surface area contributed by atoms with Gasteiger partial charge in [-0.1, -0.05) is 29.8 Å². The Morgan fingerprint density at radius 2 is 1.76 bits per heavy atom. The number of carbonyl (C=O) groups is 1. The highest BCUT2D eigenvalue weighted by Gasteiger charge is 2.50. The van der Waals surface area contributed by atoms with Crippen LogP contribution in [0.15, 0.2) is 35.2 Å². The highest BCUT2D eigenvalue weighted by Crippen LogP contribution is 2.39. The van der Waals surface area contributed by atoms with Crippen molar-refractivity contribution >= 4 is 27.2 Å². The summed E-state index contributed by atoms with van der Waals surface area (Å²) in [6.07, 6.45) is 1.83. The first-order valence-electron chi connectivity index (χ1n) is 5.50. The normalized spacial score (nSPS) is 25.8. The van der Waals surface area contributed by atoms with E-state index in [-0.39, 0.29) is 23.5 Å². The van der Waals surface area contributed by atoms with E-state index in [2.05, 4.69) is 0 Å². The van der Waals surface area contributed by atoms with Crippen LogP contribution in [0, 0.1) is 0 Å². The molecule has 0 saturated heterocycles. The summed E-state index contributed by atoms with van der Waals surface area (Å²) in [6.45, 7) is 0. The summed E-state index contributed by atoms with van der Waals surface area (Å²) >= 11 is 6.11. The van der Waals surface area contributed by atoms with Crippen molar-refractivity contribution in [2.45, 2.75) is 34.8 Å². The van der Waals surface area contributed by atoms with Crippen LogP contribution in [0.5, 0.6) is 0 Å². The third-order valence-electron chi connectivity index (χ3n) is 3.05. The summed E-state index contributed by atoms with van der Waals surface area (Å²) < 4.78 is 23.0. The predicted molar refractivity (Wildman–Crippen MR) is 65.7 cm³/mol. The van der Waals surface area contributed by atoms with Crippen LogP contribution in [0.25, 0.3) is 0 Å². The Morgan fingerprint density at radius 1 is 1.12 bits per heavy atom. The van der Waals surface area contributed by atoms with E-state index < -0.39 is 14.0 Å².